The van der Waals surface area contributed by atoms with E-state index in [2.05, 4.69) is 67.7 Å². The van der Waals surface area contributed by atoms with E-state index in [-0.39, 0.29) is 17.9 Å². The topological polar surface area (TPSA) is 55.2 Å². The molecule has 1 aliphatic heterocycles. The smallest absolute Gasteiger partial charge is 0.404 e. The molecule has 0 spiro atoms. The molecule has 1 aliphatic carbocycles. The van der Waals surface area contributed by atoms with Crippen LogP contribution in [0.5, 0.6) is 0 Å². The van der Waals surface area contributed by atoms with Gasteiger partial charge in [0, 0.05) is 17.0 Å². The number of anilines is 1. The van der Waals surface area contributed by atoms with Gasteiger partial charge in [0.1, 0.15) is 5.92 Å². The molecule has 0 saturated carbocycles. The van der Waals surface area contributed by atoms with Crippen LogP contribution in [-0.4, -0.2) is 16.9 Å². The van der Waals surface area contributed by atoms with Crippen molar-refractivity contribution in [2.24, 2.45) is 17.3 Å². The van der Waals surface area contributed by atoms with Crippen molar-refractivity contribution in [3.63, 3.8) is 0 Å². The van der Waals surface area contributed by atoms with E-state index in [1.807, 2.05) is 19.1 Å². The third-order valence-electron chi connectivity index (χ3n) is 6.53. The van der Waals surface area contributed by atoms with Crippen molar-refractivity contribution in [3.8, 4) is 0 Å². The maximum Gasteiger partial charge on any atom is 0.404 e. The van der Waals surface area contributed by atoms with E-state index < -0.39 is 11.3 Å². The van der Waals surface area contributed by atoms with E-state index in [1.165, 1.54) is 11.1 Å². The maximum atomic E-state index is 13.2. The highest BCUT2D eigenvalue weighted by molar-refractivity contribution is 5.82. The van der Waals surface area contributed by atoms with Gasteiger partial charge in [0.05, 0.1) is 6.04 Å². The lowest BCUT2D eigenvalue weighted by Gasteiger charge is -2.45. The summed E-state index contributed by atoms with van der Waals surface area (Å²) in [5, 5.41) is 16.1. The Bertz CT molecular complexity index is 959. The minimum atomic E-state index is -0.490. The number of fused-ring (bicyclic) bond motifs is 1. The Hall–Kier alpha value is -2.88. The summed E-state index contributed by atoms with van der Waals surface area (Å²) in [7, 11) is 0. The predicted octanol–water partition coefficient (Wildman–Crippen LogP) is 5.17. The van der Waals surface area contributed by atoms with Crippen molar-refractivity contribution in [2.75, 3.05) is 5.32 Å². The average Bonchev–Trinajstić information content (AvgIpc) is 2.70. The van der Waals surface area contributed by atoms with Crippen LogP contribution in [0.1, 0.15) is 42.5 Å². The van der Waals surface area contributed by atoms with E-state index in [0.29, 0.717) is 4.74 Å². The van der Waals surface area contributed by atoms with Crippen molar-refractivity contribution in [3.05, 3.63) is 82.6 Å². The molecule has 2 aromatic carbocycles. The van der Waals surface area contributed by atoms with Crippen molar-refractivity contribution < 1.29 is 9.53 Å². The SMILES string of the molecule is Cc1ccc(N[C@H](c2ccc(C)cc2)[C@@H]2C(=O)[N+]([O-])=C[C@@H]3CCC=C[C@@]32C)cc1. The van der Waals surface area contributed by atoms with E-state index in [4.69, 9.17) is 0 Å². The Balaban J connectivity index is 1.82. The maximum absolute atomic E-state index is 13.2. The number of benzene rings is 2. The van der Waals surface area contributed by atoms with Gasteiger partial charge in [0.15, 0.2) is 6.21 Å². The highest BCUT2D eigenvalue weighted by Gasteiger charge is 2.55. The molecule has 29 heavy (non-hydrogen) atoms. The van der Waals surface area contributed by atoms with E-state index in [9.17, 15) is 10.0 Å². The lowest BCUT2D eigenvalue weighted by Crippen LogP contribution is -2.52. The second-order valence-electron chi connectivity index (χ2n) is 8.64. The monoisotopic (exact) mass is 388 g/mol. The number of carbonyl (C=O) groups is 1. The third-order valence-corrected chi connectivity index (χ3v) is 6.53. The van der Waals surface area contributed by atoms with E-state index in [0.717, 1.165) is 24.1 Å². The van der Waals surface area contributed by atoms with Crippen LogP contribution in [0.4, 0.5) is 5.69 Å². The van der Waals surface area contributed by atoms with Crippen LogP contribution in [0.3, 0.4) is 0 Å². The first kappa shape index (κ1) is 19.4. The molecule has 1 N–H and O–H groups in total. The van der Waals surface area contributed by atoms with Crippen molar-refractivity contribution >= 4 is 17.8 Å². The lowest BCUT2D eigenvalue weighted by atomic mass is 9.60. The minimum Gasteiger partial charge on any atom is -0.616 e. The van der Waals surface area contributed by atoms with Crippen LogP contribution in [0.15, 0.2) is 60.7 Å². The van der Waals surface area contributed by atoms with E-state index in [1.54, 1.807) is 6.21 Å². The molecule has 150 valence electrons. The Labute approximate surface area is 172 Å². The Morgan fingerprint density at radius 2 is 1.69 bits per heavy atom. The van der Waals surface area contributed by atoms with Crippen LogP contribution in [0, 0.1) is 36.3 Å². The molecule has 1 heterocycles. The molecule has 4 atom stereocenters. The first-order valence-electron chi connectivity index (χ1n) is 10.3. The molecule has 4 rings (SSSR count). The van der Waals surface area contributed by atoms with Crippen LogP contribution < -0.4 is 5.32 Å². The summed E-state index contributed by atoms with van der Waals surface area (Å²) in [6.45, 7) is 6.22. The number of allylic oxidation sites excluding steroid dienone is 2. The number of nitrogens with zero attached hydrogens (tertiary/aromatic N) is 1. The third kappa shape index (κ3) is 3.59. The fourth-order valence-corrected chi connectivity index (χ4v) is 4.72. The number of carbonyl (C=O) groups excluding carboxylic acids is 1. The molecule has 4 heteroatoms. The van der Waals surface area contributed by atoms with Crippen molar-refractivity contribution in [1.82, 2.24) is 0 Å². The van der Waals surface area contributed by atoms with Gasteiger partial charge in [-0.15, -0.1) is 4.74 Å². The van der Waals surface area contributed by atoms with Crippen LogP contribution in [0.2, 0.25) is 0 Å². The highest BCUT2D eigenvalue weighted by atomic mass is 16.5. The molecule has 1 amide bonds. The molecule has 4 nitrogen and oxygen atoms in total. The molecule has 0 radical (unpaired) electrons. The fraction of sp³-hybridized carbons (Fsp3) is 0.360. The summed E-state index contributed by atoms with van der Waals surface area (Å²) in [6, 6.07) is 16.1. The molecule has 0 unspecified atom stereocenters. The summed E-state index contributed by atoms with van der Waals surface area (Å²) in [5.41, 5.74) is 3.91. The number of hydrogen-bond acceptors (Lipinski definition) is 3. The molecular formula is C25H28N2O2. The summed E-state index contributed by atoms with van der Waals surface area (Å²) < 4.78 is 0.578. The van der Waals surface area contributed by atoms with Gasteiger partial charge < -0.3 is 10.5 Å². The van der Waals surface area contributed by atoms with Gasteiger partial charge >= 0.3 is 5.91 Å². The van der Waals surface area contributed by atoms with Gasteiger partial charge in [-0.3, -0.25) is 0 Å². The van der Waals surface area contributed by atoms with Gasteiger partial charge in [-0.05, 0) is 44.4 Å². The molecule has 2 aromatic rings. The van der Waals surface area contributed by atoms with Gasteiger partial charge in [-0.2, -0.15) is 0 Å². The lowest BCUT2D eigenvalue weighted by molar-refractivity contribution is -0.395. The number of amides is 1. The largest absolute Gasteiger partial charge is 0.616 e. The molecular weight excluding hydrogens is 360 g/mol. The number of rotatable bonds is 4. The standard InChI is InChI=1S/C25H28N2O2/c1-17-7-11-19(12-8-17)23(26-21-13-9-18(2)10-14-21)22-24(28)27(29)16-20-6-4-5-15-25(20,22)3/h5,7-16,20,22-23,26H,4,6H2,1-3H3/t20-,22+,23+,25-/m0/s1. The quantitative estimate of drug-likeness (QED) is 0.447. The summed E-state index contributed by atoms with van der Waals surface area (Å²) in [5.74, 6) is -0.809. The van der Waals surface area contributed by atoms with Crippen molar-refractivity contribution in [2.45, 2.75) is 39.7 Å². The van der Waals surface area contributed by atoms with Crippen LogP contribution in [0.25, 0.3) is 0 Å². The summed E-state index contributed by atoms with van der Waals surface area (Å²) >= 11 is 0. The van der Waals surface area contributed by atoms with Gasteiger partial charge in [-0.25, -0.2) is 4.79 Å². The molecule has 0 aromatic heterocycles. The average molecular weight is 389 g/mol. The number of hydrogen-bond donors (Lipinski definition) is 1. The second kappa shape index (κ2) is 7.51. The normalized spacial score (nSPS) is 27.1. The van der Waals surface area contributed by atoms with Crippen molar-refractivity contribution in [1.29, 1.82) is 0 Å². The van der Waals surface area contributed by atoms with Gasteiger partial charge in [0.2, 0.25) is 0 Å². The van der Waals surface area contributed by atoms with Crippen LogP contribution in [-0.2, 0) is 4.79 Å². The molecule has 0 saturated heterocycles. The van der Waals surface area contributed by atoms with E-state index >= 15 is 0 Å². The predicted molar refractivity (Wildman–Crippen MR) is 117 cm³/mol. The molecule has 0 bridgehead atoms. The Kier molecular flexibility index (Phi) is 5.03. The fourth-order valence-electron chi connectivity index (χ4n) is 4.72. The zero-order valence-corrected chi connectivity index (χ0v) is 17.3. The number of aryl methyl sites for hydroxylation is 2. The van der Waals surface area contributed by atoms with Crippen LogP contribution >= 0.6 is 0 Å². The molecule has 2 aliphatic rings. The summed E-state index contributed by atoms with van der Waals surface area (Å²) in [4.78, 5) is 13.2. The van der Waals surface area contributed by atoms with Gasteiger partial charge in [0.25, 0.3) is 0 Å². The minimum absolute atomic E-state index is 0.0560. The Morgan fingerprint density at radius 1 is 1.07 bits per heavy atom. The number of hydroxylamine groups is 1. The van der Waals surface area contributed by atoms with Gasteiger partial charge in [-0.1, -0.05) is 66.6 Å². The summed E-state index contributed by atoms with van der Waals surface area (Å²) in [6.07, 6.45) is 7.72. The zero-order valence-electron chi connectivity index (χ0n) is 17.3. The highest BCUT2D eigenvalue weighted by Crippen LogP contribution is 2.50. The number of nitrogens with one attached hydrogen (secondary N) is 1. The molecule has 0 fully saturated rings. The Morgan fingerprint density at radius 3 is 2.34 bits per heavy atom. The first-order valence-corrected chi connectivity index (χ1v) is 10.3. The zero-order chi connectivity index (χ0) is 20.6. The second-order valence-corrected chi connectivity index (χ2v) is 8.64. The first-order chi connectivity index (χ1) is 13.9.